The number of aliphatic carboxylic acids is 1. The van der Waals surface area contributed by atoms with E-state index in [0.717, 1.165) is 19.3 Å². The van der Waals surface area contributed by atoms with Gasteiger partial charge in [-0.3, -0.25) is 9.59 Å². The van der Waals surface area contributed by atoms with Crippen molar-refractivity contribution < 1.29 is 19.4 Å². The summed E-state index contributed by atoms with van der Waals surface area (Å²) in [6, 6.07) is 0. The van der Waals surface area contributed by atoms with E-state index in [1.807, 2.05) is 0 Å². The van der Waals surface area contributed by atoms with Crippen LogP contribution in [0.15, 0.2) is 23.8 Å². The van der Waals surface area contributed by atoms with E-state index in [1.54, 1.807) is 12.2 Å². The Labute approximate surface area is 124 Å². The summed E-state index contributed by atoms with van der Waals surface area (Å²) in [5.41, 5.74) is 1.40. The van der Waals surface area contributed by atoms with Crippen LogP contribution >= 0.6 is 0 Å². The molecule has 1 fully saturated rings. The SMILES string of the molecule is O=C(NCCC1=CCCCC1)[C@H]1[C@H](C(=O)O)[C@H]2C=C[C@@H]1O2. The first kappa shape index (κ1) is 14.3. The van der Waals surface area contributed by atoms with Crippen molar-refractivity contribution in [3.63, 3.8) is 0 Å². The Kier molecular flexibility index (Phi) is 4.10. The quantitative estimate of drug-likeness (QED) is 0.755. The van der Waals surface area contributed by atoms with E-state index in [4.69, 9.17) is 4.74 Å². The third kappa shape index (κ3) is 2.88. The maximum atomic E-state index is 12.3. The highest BCUT2D eigenvalue weighted by molar-refractivity contribution is 5.87. The highest BCUT2D eigenvalue weighted by atomic mass is 16.5. The summed E-state index contributed by atoms with van der Waals surface area (Å²) in [4.78, 5) is 23.6. The van der Waals surface area contributed by atoms with Gasteiger partial charge in [0.15, 0.2) is 0 Å². The molecule has 3 rings (SSSR count). The number of ether oxygens (including phenoxy) is 1. The summed E-state index contributed by atoms with van der Waals surface area (Å²) in [7, 11) is 0. The van der Waals surface area contributed by atoms with Crippen molar-refractivity contribution in [1.29, 1.82) is 0 Å². The van der Waals surface area contributed by atoms with Crippen LogP contribution in [-0.2, 0) is 14.3 Å². The monoisotopic (exact) mass is 291 g/mol. The van der Waals surface area contributed by atoms with Crippen molar-refractivity contribution in [2.24, 2.45) is 11.8 Å². The topological polar surface area (TPSA) is 75.6 Å². The third-order valence-corrected chi connectivity index (χ3v) is 4.62. The Hall–Kier alpha value is -1.62. The molecule has 5 nitrogen and oxygen atoms in total. The second kappa shape index (κ2) is 6.02. The van der Waals surface area contributed by atoms with Crippen LogP contribution in [0.3, 0.4) is 0 Å². The minimum Gasteiger partial charge on any atom is -0.481 e. The van der Waals surface area contributed by atoms with E-state index < -0.39 is 23.9 Å². The third-order valence-electron chi connectivity index (χ3n) is 4.62. The van der Waals surface area contributed by atoms with Gasteiger partial charge in [-0.25, -0.2) is 0 Å². The van der Waals surface area contributed by atoms with Crippen molar-refractivity contribution in [3.8, 4) is 0 Å². The second-order valence-corrected chi connectivity index (χ2v) is 5.99. The lowest BCUT2D eigenvalue weighted by molar-refractivity contribution is -0.146. The molecule has 2 bridgehead atoms. The molecular formula is C16H21NO4. The first-order valence-corrected chi connectivity index (χ1v) is 7.69. The van der Waals surface area contributed by atoms with E-state index in [1.165, 1.54) is 18.4 Å². The number of hydrogen-bond acceptors (Lipinski definition) is 3. The van der Waals surface area contributed by atoms with Gasteiger partial charge in [0.2, 0.25) is 5.91 Å². The number of hydrogen-bond donors (Lipinski definition) is 2. The summed E-state index contributed by atoms with van der Waals surface area (Å²) in [5, 5.41) is 12.2. The molecule has 0 spiro atoms. The highest BCUT2D eigenvalue weighted by Crippen LogP contribution is 2.39. The molecule has 2 aliphatic heterocycles. The smallest absolute Gasteiger partial charge is 0.310 e. The van der Waals surface area contributed by atoms with Crippen LogP contribution in [0, 0.1) is 11.8 Å². The van der Waals surface area contributed by atoms with E-state index in [2.05, 4.69) is 11.4 Å². The molecular weight excluding hydrogens is 270 g/mol. The van der Waals surface area contributed by atoms with Gasteiger partial charge >= 0.3 is 5.97 Å². The molecule has 21 heavy (non-hydrogen) atoms. The lowest BCUT2D eigenvalue weighted by Crippen LogP contribution is -2.42. The molecule has 3 aliphatic rings. The van der Waals surface area contributed by atoms with Gasteiger partial charge in [-0.2, -0.15) is 0 Å². The van der Waals surface area contributed by atoms with E-state index in [0.29, 0.717) is 6.54 Å². The minimum absolute atomic E-state index is 0.198. The molecule has 0 unspecified atom stereocenters. The maximum Gasteiger partial charge on any atom is 0.310 e. The highest BCUT2D eigenvalue weighted by Gasteiger charge is 2.53. The zero-order chi connectivity index (χ0) is 14.8. The number of fused-ring (bicyclic) bond motifs is 2. The van der Waals surface area contributed by atoms with Crippen LogP contribution in [0.25, 0.3) is 0 Å². The molecule has 5 heteroatoms. The summed E-state index contributed by atoms with van der Waals surface area (Å²) in [5.74, 6) is -2.51. The summed E-state index contributed by atoms with van der Waals surface area (Å²) in [6.45, 7) is 0.578. The van der Waals surface area contributed by atoms with Crippen LogP contribution in [0.5, 0.6) is 0 Å². The number of carboxylic acids is 1. The number of nitrogens with one attached hydrogen (secondary N) is 1. The molecule has 1 saturated heterocycles. The average Bonchev–Trinajstić information content (AvgIpc) is 3.08. The predicted molar refractivity (Wildman–Crippen MR) is 76.6 cm³/mol. The number of allylic oxidation sites excluding steroid dienone is 1. The zero-order valence-corrected chi connectivity index (χ0v) is 12.0. The van der Waals surface area contributed by atoms with Crippen molar-refractivity contribution >= 4 is 11.9 Å². The van der Waals surface area contributed by atoms with E-state index in [9.17, 15) is 14.7 Å². The largest absolute Gasteiger partial charge is 0.481 e. The van der Waals surface area contributed by atoms with Gasteiger partial charge in [-0.15, -0.1) is 0 Å². The Balaban J connectivity index is 1.54. The standard InChI is InChI=1S/C16H21NO4/c18-15(17-9-8-10-4-2-1-3-5-10)13-11-6-7-12(21-11)14(13)16(19)20/h4,6-7,11-14H,1-3,5,8-9H2,(H,17,18)(H,19,20)/t11-,12+,13+,14+/m0/s1. The molecule has 2 heterocycles. The predicted octanol–water partition coefficient (Wildman–Crippen LogP) is 1.65. The fourth-order valence-electron chi connectivity index (χ4n) is 3.51. The van der Waals surface area contributed by atoms with Gasteiger partial charge in [0.25, 0.3) is 0 Å². The normalized spacial score (nSPS) is 33.8. The van der Waals surface area contributed by atoms with Gasteiger partial charge in [-0.1, -0.05) is 23.8 Å². The molecule has 0 aromatic rings. The number of carbonyl (C=O) groups excluding carboxylic acids is 1. The van der Waals surface area contributed by atoms with Gasteiger partial charge in [0.1, 0.15) is 5.92 Å². The molecule has 114 valence electrons. The number of amides is 1. The van der Waals surface area contributed by atoms with E-state index in [-0.39, 0.29) is 12.0 Å². The van der Waals surface area contributed by atoms with Crippen LogP contribution in [0.4, 0.5) is 0 Å². The average molecular weight is 291 g/mol. The van der Waals surface area contributed by atoms with Gasteiger partial charge in [-0.05, 0) is 32.1 Å². The zero-order valence-electron chi connectivity index (χ0n) is 12.0. The van der Waals surface area contributed by atoms with Gasteiger partial charge < -0.3 is 15.2 Å². The first-order chi connectivity index (χ1) is 10.2. The Bertz CT molecular complexity index is 497. The van der Waals surface area contributed by atoms with Crippen molar-refractivity contribution in [2.75, 3.05) is 6.54 Å². The minimum atomic E-state index is -0.956. The summed E-state index contributed by atoms with van der Waals surface area (Å²) < 4.78 is 5.51. The summed E-state index contributed by atoms with van der Waals surface area (Å²) in [6.07, 6.45) is 10.6. The van der Waals surface area contributed by atoms with Crippen LogP contribution in [0.2, 0.25) is 0 Å². The summed E-state index contributed by atoms with van der Waals surface area (Å²) >= 11 is 0. The molecule has 0 aromatic heterocycles. The van der Waals surface area contributed by atoms with E-state index >= 15 is 0 Å². The van der Waals surface area contributed by atoms with Crippen LogP contribution < -0.4 is 5.32 Å². The molecule has 1 amide bonds. The lowest BCUT2D eigenvalue weighted by atomic mass is 9.82. The fraction of sp³-hybridized carbons (Fsp3) is 0.625. The molecule has 0 aromatic carbocycles. The molecule has 0 radical (unpaired) electrons. The maximum absolute atomic E-state index is 12.3. The molecule has 2 N–H and O–H groups in total. The number of rotatable bonds is 5. The second-order valence-electron chi connectivity index (χ2n) is 5.99. The Morgan fingerprint density at radius 1 is 1.24 bits per heavy atom. The van der Waals surface area contributed by atoms with Crippen molar-refractivity contribution in [3.05, 3.63) is 23.8 Å². The number of carboxylic acid groups (broad SMARTS) is 1. The van der Waals surface area contributed by atoms with Crippen LogP contribution in [0.1, 0.15) is 32.1 Å². The van der Waals surface area contributed by atoms with Crippen molar-refractivity contribution in [2.45, 2.75) is 44.3 Å². The lowest BCUT2D eigenvalue weighted by Gasteiger charge is -2.21. The Morgan fingerprint density at radius 3 is 2.67 bits per heavy atom. The van der Waals surface area contributed by atoms with Gasteiger partial charge in [0.05, 0.1) is 18.1 Å². The first-order valence-electron chi connectivity index (χ1n) is 7.69. The number of carbonyl (C=O) groups is 2. The molecule has 0 saturated carbocycles. The Morgan fingerprint density at radius 2 is 2.00 bits per heavy atom. The van der Waals surface area contributed by atoms with Crippen molar-refractivity contribution in [1.82, 2.24) is 5.32 Å². The van der Waals surface area contributed by atoms with Gasteiger partial charge in [0, 0.05) is 6.54 Å². The molecule has 4 atom stereocenters. The fourth-order valence-corrected chi connectivity index (χ4v) is 3.51. The van der Waals surface area contributed by atoms with Crippen LogP contribution in [-0.4, -0.2) is 35.7 Å². The molecule has 1 aliphatic carbocycles.